The molecular formula is C12H19N3O3. The summed E-state index contributed by atoms with van der Waals surface area (Å²) in [5.41, 5.74) is 0.803. The van der Waals surface area contributed by atoms with Crippen LogP contribution >= 0.6 is 0 Å². The van der Waals surface area contributed by atoms with Crippen LogP contribution in [0.3, 0.4) is 0 Å². The van der Waals surface area contributed by atoms with Crippen molar-refractivity contribution in [1.29, 1.82) is 0 Å². The Morgan fingerprint density at radius 1 is 1.39 bits per heavy atom. The molecule has 6 nitrogen and oxygen atoms in total. The summed E-state index contributed by atoms with van der Waals surface area (Å²) in [6, 6.07) is 0. The Labute approximate surface area is 107 Å². The second-order valence-corrected chi connectivity index (χ2v) is 4.35. The summed E-state index contributed by atoms with van der Waals surface area (Å²) in [6.45, 7) is 6.07. The molecule has 0 amide bonds. The van der Waals surface area contributed by atoms with Crippen molar-refractivity contribution in [3.8, 4) is 11.8 Å². The summed E-state index contributed by atoms with van der Waals surface area (Å²) in [6.07, 6.45) is 1.70. The fourth-order valence-corrected chi connectivity index (χ4v) is 1.91. The van der Waals surface area contributed by atoms with E-state index in [0.29, 0.717) is 18.4 Å². The normalized spacial score (nSPS) is 23.7. The number of hydrogen-bond acceptors (Lipinski definition) is 6. The van der Waals surface area contributed by atoms with Gasteiger partial charge in [-0.3, -0.25) is 0 Å². The quantitative estimate of drug-likeness (QED) is 0.845. The molecule has 6 heteroatoms. The van der Waals surface area contributed by atoms with Crippen LogP contribution in [0.4, 0.5) is 0 Å². The first-order valence-electron chi connectivity index (χ1n) is 6.05. The number of nitrogens with one attached hydrogen (secondary N) is 1. The first-order valence-corrected chi connectivity index (χ1v) is 6.05. The number of morpholine rings is 1. The van der Waals surface area contributed by atoms with E-state index < -0.39 is 0 Å². The Bertz CT molecular complexity index is 400. The molecule has 2 rings (SSSR count). The molecule has 1 fully saturated rings. The van der Waals surface area contributed by atoms with Crippen LogP contribution in [0.1, 0.15) is 12.5 Å². The summed E-state index contributed by atoms with van der Waals surface area (Å²) in [4.78, 5) is 8.11. The molecule has 0 aromatic carbocycles. The van der Waals surface area contributed by atoms with Gasteiger partial charge in [0.25, 0.3) is 0 Å². The largest absolute Gasteiger partial charge is 0.481 e. The molecular weight excluding hydrogens is 234 g/mol. The number of aromatic nitrogens is 2. The van der Waals surface area contributed by atoms with E-state index in [1.54, 1.807) is 7.11 Å². The van der Waals surface area contributed by atoms with Gasteiger partial charge < -0.3 is 19.5 Å². The highest BCUT2D eigenvalue weighted by atomic mass is 16.5. The third-order valence-corrected chi connectivity index (χ3v) is 2.82. The standard InChI is InChI=1S/C12H19N3O3/c1-8-4-13-5-10(18-8)6-17-12-9(2)11(16-3)14-7-15-12/h7-8,10,13H,4-6H2,1-3H3. The fourth-order valence-electron chi connectivity index (χ4n) is 1.91. The molecule has 18 heavy (non-hydrogen) atoms. The van der Waals surface area contributed by atoms with Crippen molar-refractivity contribution < 1.29 is 14.2 Å². The average molecular weight is 253 g/mol. The highest BCUT2D eigenvalue weighted by molar-refractivity contribution is 5.32. The molecule has 1 aliphatic heterocycles. The molecule has 1 aromatic rings. The van der Waals surface area contributed by atoms with Crippen LogP contribution in [-0.2, 0) is 4.74 Å². The molecule has 0 aliphatic carbocycles. The predicted octanol–water partition coefficient (Wildman–Crippen LogP) is 0.549. The molecule has 2 unspecified atom stereocenters. The topological polar surface area (TPSA) is 65.5 Å². The van der Waals surface area contributed by atoms with Gasteiger partial charge in [0.1, 0.15) is 19.0 Å². The smallest absolute Gasteiger partial charge is 0.223 e. The lowest BCUT2D eigenvalue weighted by Crippen LogP contribution is -2.45. The van der Waals surface area contributed by atoms with E-state index in [2.05, 4.69) is 15.3 Å². The van der Waals surface area contributed by atoms with Crippen molar-refractivity contribution in [2.75, 3.05) is 26.8 Å². The number of rotatable bonds is 4. The van der Waals surface area contributed by atoms with Gasteiger partial charge >= 0.3 is 0 Å². The number of ether oxygens (including phenoxy) is 3. The zero-order valence-corrected chi connectivity index (χ0v) is 11.0. The van der Waals surface area contributed by atoms with Gasteiger partial charge in [0.05, 0.1) is 18.8 Å². The van der Waals surface area contributed by atoms with Gasteiger partial charge in [-0.25, -0.2) is 9.97 Å². The Kier molecular flexibility index (Phi) is 4.33. The Hall–Kier alpha value is -1.40. The van der Waals surface area contributed by atoms with Gasteiger partial charge in [0.15, 0.2) is 0 Å². The minimum atomic E-state index is 0.0501. The van der Waals surface area contributed by atoms with E-state index in [-0.39, 0.29) is 12.2 Å². The van der Waals surface area contributed by atoms with Gasteiger partial charge in [0.2, 0.25) is 11.8 Å². The monoisotopic (exact) mass is 253 g/mol. The lowest BCUT2D eigenvalue weighted by atomic mass is 10.2. The van der Waals surface area contributed by atoms with Gasteiger partial charge in [-0.05, 0) is 13.8 Å². The summed E-state index contributed by atoms with van der Waals surface area (Å²) < 4.78 is 16.5. The van der Waals surface area contributed by atoms with Crippen LogP contribution in [0.2, 0.25) is 0 Å². The van der Waals surface area contributed by atoms with Gasteiger partial charge in [-0.2, -0.15) is 0 Å². The van der Waals surface area contributed by atoms with Gasteiger partial charge in [-0.1, -0.05) is 0 Å². The summed E-state index contributed by atoms with van der Waals surface area (Å²) >= 11 is 0. The van der Waals surface area contributed by atoms with Crippen LogP contribution in [-0.4, -0.2) is 49.0 Å². The van der Waals surface area contributed by atoms with Crippen molar-refractivity contribution in [1.82, 2.24) is 15.3 Å². The second kappa shape index (κ2) is 5.97. The van der Waals surface area contributed by atoms with Crippen molar-refractivity contribution in [2.45, 2.75) is 26.1 Å². The van der Waals surface area contributed by atoms with E-state index >= 15 is 0 Å². The van der Waals surface area contributed by atoms with Crippen molar-refractivity contribution in [2.24, 2.45) is 0 Å². The third-order valence-electron chi connectivity index (χ3n) is 2.82. The molecule has 0 saturated carbocycles. The van der Waals surface area contributed by atoms with E-state index in [4.69, 9.17) is 14.2 Å². The molecule has 2 heterocycles. The first kappa shape index (κ1) is 13.0. The van der Waals surface area contributed by atoms with E-state index in [1.165, 1.54) is 6.33 Å². The van der Waals surface area contributed by atoms with Crippen molar-refractivity contribution in [3.05, 3.63) is 11.9 Å². The Morgan fingerprint density at radius 2 is 2.17 bits per heavy atom. The van der Waals surface area contributed by atoms with Crippen molar-refractivity contribution >= 4 is 0 Å². The lowest BCUT2D eigenvalue weighted by molar-refractivity contribution is -0.0478. The van der Waals surface area contributed by atoms with Gasteiger partial charge in [0, 0.05) is 13.1 Å². The zero-order chi connectivity index (χ0) is 13.0. The minimum absolute atomic E-state index is 0.0501. The van der Waals surface area contributed by atoms with Gasteiger partial charge in [-0.15, -0.1) is 0 Å². The molecule has 1 N–H and O–H groups in total. The summed E-state index contributed by atoms with van der Waals surface area (Å²) in [5, 5.41) is 3.30. The molecule has 2 atom stereocenters. The minimum Gasteiger partial charge on any atom is -0.481 e. The Morgan fingerprint density at radius 3 is 2.89 bits per heavy atom. The molecule has 1 aromatic heterocycles. The molecule has 0 radical (unpaired) electrons. The molecule has 100 valence electrons. The highest BCUT2D eigenvalue weighted by Crippen LogP contribution is 2.22. The highest BCUT2D eigenvalue weighted by Gasteiger charge is 2.20. The van der Waals surface area contributed by atoms with Crippen LogP contribution in [0, 0.1) is 6.92 Å². The number of hydrogen-bond donors (Lipinski definition) is 1. The summed E-state index contributed by atoms with van der Waals surface area (Å²) in [7, 11) is 1.58. The maximum absolute atomic E-state index is 5.74. The maximum Gasteiger partial charge on any atom is 0.223 e. The third kappa shape index (κ3) is 3.08. The summed E-state index contributed by atoms with van der Waals surface area (Å²) in [5.74, 6) is 1.08. The lowest BCUT2D eigenvalue weighted by Gasteiger charge is -2.28. The predicted molar refractivity (Wildman–Crippen MR) is 66.0 cm³/mol. The molecule has 0 bridgehead atoms. The average Bonchev–Trinajstić information content (AvgIpc) is 2.38. The maximum atomic E-state index is 5.74. The second-order valence-electron chi connectivity index (χ2n) is 4.35. The van der Waals surface area contributed by atoms with Crippen molar-refractivity contribution in [3.63, 3.8) is 0 Å². The zero-order valence-electron chi connectivity index (χ0n) is 11.0. The first-order chi connectivity index (χ1) is 8.70. The van der Waals surface area contributed by atoms with E-state index in [0.717, 1.165) is 18.7 Å². The number of methoxy groups -OCH3 is 1. The van der Waals surface area contributed by atoms with E-state index in [1.807, 2.05) is 13.8 Å². The Balaban J connectivity index is 1.93. The van der Waals surface area contributed by atoms with Crippen LogP contribution in [0.15, 0.2) is 6.33 Å². The van der Waals surface area contributed by atoms with Crippen LogP contribution in [0.5, 0.6) is 11.8 Å². The van der Waals surface area contributed by atoms with E-state index in [9.17, 15) is 0 Å². The molecule has 1 saturated heterocycles. The fraction of sp³-hybridized carbons (Fsp3) is 0.667. The molecule has 1 aliphatic rings. The van der Waals surface area contributed by atoms with Crippen LogP contribution in [0.25, 0.3) is 0 Å². The molecule has 0 spiro atoms. The van der Waals surface area contributed by atoms with Crippen LogP contribution < -0.4 is 14.8 Å². The SMILES string of the molecule is COc1ncnc(OCC2CNCC(C)O2)c1C. The number of nitrogens with zero attached hydrogens (tertiary/aromatic N) is 2.